The number of rotatable bonds is 2. The lowest BCUT2D eigenvalue weighted by molar-refractivity contribution is 0.0520. The predicted octanol–water partition coefficient (Wildman–Crippen LogP) is 2.96. The summed E-state index contributed by atoms with van der Waals surface area (Å²) < 4.78 is 5.41. The van der Waals surface area contributed by atoms with Crippen molar-refractivity contribution in [3.63, 3.8) is 0 Å². The van der Waals surface area contributed by atoms with Crippen molar-refractivity contribution in [1.29, 1.82) is 0 Å². The number of benzene rings is 1. The Hall–Kier alpha value is -2.63. The summed E-state index contributed by atoms with van der Waals surface area (Å²) in [6.07, 6.45) is 4.53. The highest BCUT2D eigenvalue weighted by atomic mass is 16.6. The zero-order valence-corrected chi connectivity index (χ0v) is 14.0. The number of carbonyl (C=O) groups excluding carboxylic acids is 2. The van der Waals surface area contributed by atoms with Gasteiger partial charge in [-0.3, -0.25) is 9.89 Å². The molecule has 6 nitrogen and oxygen atoms in total. The minimum Gasteiger partial charge on any atom is -0.445 e. The number of ether oxygens (including phenoxy) is 1. The maximum absolute atomic E-state index is 12.3. The maximum atomic E-state index is 12.3. The molecular formula is C19H21N3O3. The number of piperidine rings is 1. The van der Waals surface area contributed by atoms with E-state index < -0.39 is 0 Å². The Morgan fingerprint density at radius 1 is 1.20 bits per heavy atom. The molecule has 2 aromatic rings. The van der Waals surface area contributed by atoms with Gasteiger partial charge in [0.1, 0.15) is 12.3 Å². The number of aromatic amines is 1. The second kappa shape index (κ2) is 6.35. The molecule has 2 aliphatic rings. The lowest BCUT2D eigenvalue weighted by Gasteiger charge is -2.42. The molecule has 130 valence electrons. The van der Waals surface area contributed by atoms with E-state index in [0.717, 1.165) is 30.4 Å². The zero-order valence-electron chi connectivity index (χ0n) is 14.0. The van der Waals surface area contributed by atoms with E-state index in [9.17, 15) is 9.59 Å². The molecular weight excluding hydrogens is 318 g/mol. The lowest BCUT2D eigenvalue weighted by atomic mass is 9.67. The van der Waals surface area contributed by atoms with Gasteiger partial charge in [0, 0.05) is 25.1 Å². The molecule has 1 aliphatic heterocycles. The average molecular weight is 339 g/mol. The maximum Gasteiger partial charge on any atom is 0.410 e. The number of hydrogen-bond donors (Lipinski definition) is 1. The summed E-state index contributed by atoms with van der Waals surface area (Å²) in [7, 11) is 0. The number of nitrogens with one attached hydrogen (secondary N) is 1. The van der Waals surface area contributed by atoms with Crippen molar-refractivity contribution < 1.29 is 14.3 Å². The zero-order chi connectivity index (χ0) is 17.3. The second-order valence-electron chi connectivity index (χ2n) is 7.07. The van der Waals surface area contributed by atoms with Crippen LogP contribution in [0.5, 0.6) is 0 Å². The van der Waals surface area contributed by atoms with Crippen LogP contribution in [0.3, 0.4) is 0 Å². The number of amides is 1. The van der Waals surface area contributed by atoms with E-state index in [0.29, 0.717) is 25.2 Å². The number of H-pyrrole nitrogens is 1. The van der Waals surface area contributed by atoms with E-state index >= 15 is 0 Å². The van der Waals surface area contributed by atoms with Gasteiger partial charge >= 0.3 is 6.09 Å². The molecule has 1 aromatic heterocycles. The third-order valence-electron chi connectivity index (χ3n) is 5.39. The van der Waals surface area contributed by atoms with Crippen molar-refractivity contribution in [2.75, 3.05) is 13.1 Å². The fourth-order valence-corrected chi connectivity index (χ4v) is 3.91. The van der Waals surface area contributed by atoms with Gasteiger partial charge in [-0.05, 0) is 30.2 Å². The Morgan fingerprint density at radius 3 is 2.72 bits per heavy atom. The van der Waals surface area contributed by atoms with Gasteiger partial charge in [-0.2, -0.15) is 5.10 Å². The molecule has 0 bridgehead atoms. The van der Waals surface area contributed by atoms with Gasteiger partial charge in [-0.1, -0.05) is 30.3 Å². The van der Waals surface area contributed by atoms with Crippen LogP contribution in [-0.2, 0) is 17.8 Å². The Labute approximate surface area is 146 Å². The van der Waals surface area contributed by atoms with Crippen LogP contribution in [0.15, 0.2) is 36.5 Å². The number of aromatic nitrogens is 2. The SMILES string of the molecule is O=C1CC2(CCN(C(=O)OCc3ccccc3)CC2)Cc2cn[nH]c21. The molecule has 1 aliphatic carbocycles. The molecule has 1 fully saturated rings. The molecule has 25 heavy (non-hydrogen) atoms. The van der Waals surface area contributed by atoms with Crippen molar-refractivity contribution in [3.05, 3.63) is 53.3 Å². The lowest BCUT2D eigenvalue weighted by Crippen LogP contribution is -2.46. The minimum absolute atomic E-state index is 0.0375. The van der Waals surface area contributed by atoms with Crippen molar-refractivity contribution in [3.8, 4) is 0 Å². The first-order valence-corrected chi connectivity index (χ1v) is 8.66. The topological polar surface area (TPSA) is 75.3 Å². The van der Waals surface area contributed by atoms with Crippen LogP contribution < -0.4 is 0 Å². The van der Waals surface area contributed by atoms with E-state index in [4.69, 9.17) is 4.74 Å². The van der Waals surface area contributed by atoms with Crippen LogP contribution in [0.25, 0.3) is 0 Å². The molecule has 0 radical (unpaired) electrons. The highest BCUT2D eigenvalue weighted by Crippen LogP contribution is 2.43. The van der Waals surface area contributed by atoms with Crippen molar-refractivity contribution in [2.45, 2.75) is 32.3 Å². The molecule has 1 saturated heterocycles. The summed E-state index contributed by atoms with van der Waals surface area (Å²) in [4.78, 5) is 26.4. The summed E-state index contributed by atoms with van der Waals surface area (Å²) in [5, 5.41) is 6.80. The number of Topliss-reactive ketones (excluding diaryl/α,β-unsaturated/α-hetero) is 1. The van der Waals surface area contributed by atoms with Gasteiger partial charge in [0.05, 0.1) is 6.20 Å². The van der Waals surface area contributed by atoms with E-state index in [1.807, 2.05) is 30.3 Å². The molecule has 0 saturated carbocycles. The Balaban J connectivity index is 1.34. The number of ketones is 1. The molecule has 1 spiro atoms. The van der Waals surface area contributed by atoms with Gasteiger partial charge < -0.3 is 9.64 Å². The van der Waals surface area contributed by atoms with Crippen molar-refractivity contribution >= 4 is 11.9 Å². The number of fused-ring (bicyclic) bond motifs is 1. The van der Waals surface area contributed by atoms with Crippen LogP contribution in [0.4, 0.5) is 4.79 Å². The molecule has 1 aromatic carbocycles. The van der Waals surface area contributed by atoms with Crippen LogP contribution in [0, 0.1) is 5.41 Å². The molecule has 2 heterocycles. The molecule has 0 unspecified atom stereocenters. The van der Waals surface area contributed by atoms with Crippen molar-refractivity contribution in [2.24, 2.45) is 5.41 Å². The van der Waals surface area contributed by atoms with Gasteiger partial charge in [-0.15, -0.1) is 0 Å². The first kappa shape index (κ1) is 15.9. The smallest absolute Gasteiger partial charge is 0.410 e. The van der Waals surface area contributed by atoms with E-state index in [-0.39, 0.29) is 23.9 Å². The fourth-order valence-electron chi connectivity index (χ4n) is 3.91. The number of hydrogen-bond acceptors (Lipinski definition) is 4. The summed E-state index contributed by atoms with van der Waals surface area (Å²) in [5.74, 6) is 0.138. The highest BCUT2D eigenvalue weighted by Gasteiger charge is 2.42. The Bertz CT molecular complexity index is 776. The highest BCUT2D eigenvalue weighted by molar-refractivity contribution is 5.97. The number of likely N-dealkylation sites (tertiary alicyclic amines) is 1. The van der Waals surface area contributed by atoms with Crippen LogP contribution in [0.2, 0.25) is 0 Å². The molecule has 4 rings (SSSR count). The molecule has 1 amide bonds. The third-order valence-corrected chi connectivity index (χ3v) is 5.39. The van der Waals surface area contributed by atoms with Gasteiger partial charge in [0.15, 0.2) is 5.78 Å². The van der Waals surface area contributed by atoms with Crippen LogP contribution >= 0.6 is 0 Å². The van der Waals surface area contributed by atoms with Crippen molar-refractivity contribution in [1.82, 2.24) is 15.1 Å². The molecule has 6 heteroatoms. The molecule has 1 N–H and O–H groups in total. The fraction of sp³-hybridized carbons (Fsp3) is 0.421. The third kappa shape index (κ3) is 3.16. The van der Waals surface area contributed by atoms with E-state index in [1.54, 1.807) is 11.1 Å². The first-order valence-electron chi connectivity index (χ1n) is 8.66. The summed E-state index contributed by atoms with van der Waals surface area (Å²) in [6.45, 7) is 1.56. The second-order valence-corrected chi connectivity index (χ2v) is 7.07. The number of carbonyl (C=O) groups is 2. The Kier molecular flexibility index (Phi) is 4.03. The van der Waals surface area contributed by atoms with E-state index in [1.165, 1.54) is 0 Å². The standard InChI is InChI=1S/C19H21N3O3/c23-16-11-19(10-15-12-20-21-17(15)16)6-8-22(9-7-19)18(24)25-13-14-4-2-1-3-5-14/h1-5,12H,6-11,13H2,(H,20,21). The van der Waals surface area contributed by atoms with Gasteiger partial charge in [-0.25, -0.2) is 4.79 Å². The largest absolute Gasteiger partial charge is 0.445 e. The average Bonchev–Trinajstić information content (AvgIpc) is 3.10. The van der Waals surface area contributed by atoms with Gasteiger partial charge in [0.25, 0.3) is 0 Å². The number of nitrogens with zero attached hydrogens (tertiary/aromatic N) is 2. The molecule has 0 atom stereocenters. The predicted molar refractivity (Wildman–Crippen MR) is 91.1 cm³/mol. The van der Waals surface area contributed by atoms with Crippen LogP contribution in [-0.4, -0.2) is 40.1 Å². The Morgan fingerprint density at radius 2 is 1.96 bits per heavy atom. The normalized spacial score (nSPS) is 18.9. The first-order chi connectivity index (χ1) is 12.2. The quantitative estimate of drug-likeness (QED) is 0.913. The van der Waals surface area contributed by atoms with Crippen LogP contribution in [0.1, 0.15) is 40.9 Å². The summed E-state index contributed by atoms with van der Waals surface area (Å²) in [6, 6.07) is 9.67. The summed E-state index contributed by atoms with van der Waals surface area (Å²) >= 11 is 0. The minimum atomic E-state index is -0.273. The van der Waals surface area contributed by atoms with Gasteiger partial charge in [0.2, 0.25) is 0 Å². The monoisotopic (exact) mass is 339 g/mol. The van der Waals surface area contributed by atoms with E-state index in [2.05, 4.69) is 10.2 Å². The summed E-state index contributed by atoms with van der Waals surface area (Å²) in [5.41, 5.74) is 2.62.